The van der Waals surface area contributed by atoms with Crippen molar-refractivity contribution in [1.82, 2.24) is 0 Å². The third-order valence-corrected chi connectivity index (χ3v) is 1.74. The number of aliphatic carboxylic acids is 1. The van der Waals surface area contributed by atoms with Crippen LogP contribution in [0, 0.1) is 0 Å². The van der Waals surface area contributed by atoms with E-state index in [4.69, 9.17) is 15.3 Å². The van der Waals surface area contributed by atoms with Crippen molar-refractivity contribution in [2.75, 3.05) is 0 Å². The van der Waals surface area contributed by atoms with Crippen LogP contribution in [-0.4, -0.2) is 27.4 Å². The van der Waals surface area contributed by atoms with E-state index in [1.165, 1.54) is 18.2 Å². The second-order valence-electron chi connectivity index (χ2n) is 2.86. The molecule has 0 saturated carbocycles. The van der Waals surface area contributed by atoms with Gasteiger partial charge in [-0.05, 0) is 17.7 Å². The number of carbonyl (C=O) groups is 1. The monoisotopic (exact) mass is 220 g/mol. The molecule has 3 N–H and O–H groups in total. The van der Waals surface area contributed by atoms with E-state index in [-0.39, 0.29) is 47.5 Å². The van der Waals surface area contributed by atoms with Crippen molar-refractivity contribution in [3.05, 3.63) is 23.8 Å². The molecule has 0 heterocycles. The molecule has 0 spiro atoms. The summed E-state index contributed by atoms with van der Waals surface area (Å²) in [4.78, 5) is 10.2. The van der Waals surface area contributed by atoms with Crippen molar-refractivity contribution in [3.8, 4) is 11.5 Å². The van der Waals surface area contributed by atoms with Crippen molar-refractivity contribution in [1.29, 1.82) is 0 Å². The molecular formula is C9H9NaO5. The molecule has 0 aliphatic carbocycles. The van der Waals surface area contributed by atoms with Crippen LogP contribution in [-0.2, 0) is 11.2 Å². The maximum atomic E-state index is 10.2. The first kappa shape index (κ1) is 14.2. The topological polar surface area (TPSA) is 101 Å². The van der Waals surface area contributed by atoms with E-state index in [9.17, 15) is 9.90 Å². The van der Waals surface area contributed by atoms with Crippen molar-refractivity contribution in [2.45, 2.75) is 12.5 Å². The summed E-state index contributed by atoms with van der Waals surface area (Å²) < 4.78 is 0. The summed E-state index contributed by atoms with van der Waals surface area (Å²) >= 11 is 0. The Kier molecular flexibility index (Phi) is 5.67. The van der Waals surface area contributed by atoms with Gasteiger partial charge in [0.05, 0.1) is 12.1 Å². The fourth-order valence-corrected chi connectivity index (χ4v) is 1.00. The number of aliphatic hydroxyl groups is 1. The van der Waals surface area contributed by atoms with Crippen molar-refractivity contribution >= 4 is 5.97 Å². The number of aromatic hydroxyl groups is 2. The third kappa shape index (κ3) is 4.09. The molecular weight excluding hydrogens is 211 g/mol. The summed E-state index contributed by atoms with van der Waals surface area (Å²) in [5.74, 6) is -2.22. The molecule has 0 aliphatic heterocycles. The van der Waals surface area contributed by atoms with Gasteiger partial charge in [-0.1, -0.05) is 6.07 Å². The molecule has 1 aromatic rings. The van der Waals surface area contributed by atoms with Crippen LogP contribution in [0.15, 0.2) is 18.2 Å². The van der Waals surface area contributed by atoms with Gasteiger partial charge in [-0.25, -0.2) is 0 Å². The van der Waals surface area contributed by atoms with Crippen LogP contribution in [0.3, 0.4) is 0 Å². The van der Waals surface area contributed by atoms with Crippen LogP contribution in [0.5, 0.6) is 11.5 Å². The summed E-state index contributed by atoms with van der Waals surface area (Å²) in [6.45, 7) is 0. The summed E-state index contributed by atoms with van der Waals surface area (Å²) in [5, 5.41) is 37.1. The number of carbonyl (C=O) groups excluding carboxylic acids is 1. The summed E-state index contributed by atoms with van der Waals surface area (Å²) in [6.07, 6.45) is -1.78. The normalized spacial score (nSPS) is 11.5. The van der Waals surface area contributed by atoms with Crippen LogP contribution in [0.25, 0.3) is 0 Å². The number of phenols is 2. The van der Waals surface area contributed by atoms with Crippen molar-refractivity contribution in [2.24, 2.45) is 0 Å². The fraction of sp³-hybridized carbons (Fsp3) is 0.222. The Hall–Kier alpha value is -0.750. The van der Waals surface area contributed by atoms with E-state index in [2.05, 4.69) is 0 Å². The molecule has 0 unspecified atom stereocenters. The molecule has 5 nitrogen and oxygen atoms in total. The van der Waals surface area contributed by atoms with Gasteiger partial charge in [-0.2, -0.15) is 0 Å². The zero-order chi connectivity index (χ0) is 10.7. The van der Waals surface area contributed by atoms with Crippen LogP contribution in [0.2, 0.25) is 0 Å². The van der Waals surface area contributed by atoms with Gasteiger partial charge in [0.15, 0.2) is 11.5 Å². The predicted molar refractivity (Wildman–Crippen MR) is 44.5 cm³/mol. The van der Waals surface area contributed by atoms with Gasteiger partial charge in [0.25, 0.3) is 0 Å². The molecule has 0 aliphatic rings. The summed E-state index contributed by atoms with van der Waals surface area (Å²) in [5.41, 5.74) is 0.400. The second-order valence-corrected chi connectivity index (χ2v) is 2.86. The predicted octanol–water partition coefficient (Wildman–Crippen LogP) is -4.24. The zero-order valence-electron chi connectivity index (χ0n) is 8.17. The summed E-state index contributed by atoms with van der Waals surface area (Å²) in [6, 6.07) is 3.80. The largest absolute Gasteiger partial charge is 1.00 e. The SMILES string of the molecule is O=C([O-])[C@H](O)Cc1ccc(O)c(O)c1.[Na+]. The number of benzene rings is 1. The Balaban J connectivity index is 0.00000196. The average Bonchev–Trinajstić information content (AvgIpc) is 2.11. The fourth-order valence-electron chi connectivity index (χ4n) is 1.00. The molecule has 1 rings (SSSR count). The standard InChI is InChI=1S/C9H10O5.Na/c10-6-2-1-5(3-7(6)11)4-8(12)9(13)14;/h1-3,8,10-12H,4H2,(H,13,14);/q;+1/p-1/t8-;/m1./s1. The molecule has 0 amide bonds. The van der Waals surface area contributed by atoms with E-state index in [1.54, 1.807) is 0 Å². The third-order valence-electron chi connectivity index (χ3n) is 1.74. The first-order chi connectivity index (χ1) is 6.50. The van der Waals surface area contributed by atoms with Crippen LogP contribution in [0.1, 0.15) is 5.56 Å². The number of carboxylic acid groups (broad SMARTS) is 1. The van der Waals surface area contributed by atoms with E-state index in [1.807, 2.05) is 0 Å². The first-order valence-electron chi connectivity index (χ1n) is 3.90. The molecule has 0 saturated heterocycles. The van der Waals surface area contributed by atoms with Gasteiger partial charge in [0.1, 0.15) is 0 Å². The minimum Gasteiger partial charge on any atom is -0.547 e. The summed E-state index contributed by atoms with van der Waals surface area (Å²) in [7, 11) is 0. The maximum Gasteiger partial charge on any atom is 1.00 e. The van der Waals surface area contributed by atoms with E-state index < -0.39 is 12.1 Å². The van der Waals surface area contributed by atoms with E-state index in [0.717, 1.165) is 0 Å². The van der Waals surface area contributed by atoms with Gasteiger partial charge in [-0.3, -0.25) is 0 Å². The minimum atomic E-state index is -1.61. The molecule has 1 aromatic carbocycles. The molecule has 15 heavy (non-hydrogen) atoms. The molecule has 0 bridgehead atoms. The van der Waals surface area contributed by atoms with Crippen LogP contribution < -0.4 is 34.7 Å². The van der Waals surface area contributed by atoms with Crippen molar-refractivity contribution < 1.29 is 54.8 Å². The Labute approximate surface area is 108 Å². The quantitative estimate of drug-likeness (QED) is 0.354. The number of phenolic OH excluding ortho intramolecular Hbond substituents is 2. The van der Waals surface area contributed by atoms with Crippen molar-refractivity contribution in [3.63, 3.8) is 0 Å². The molecule has 0 aromatic heterocycles. The Morgan fingerprint density at radius 3 is 2.40 bits per heavy atom. The number of aliphatic hydroxyl groups excluding tert-OH is 1. The van der Waals surface area contributed by atoms with Crippen LogP contribution in [0.4, 0.5) is 0 Å². The Morgan fingerprint density at radius 2 is 1.93 bits per heavy atom. The average molecular weight is 220 g/mol. The minimum absolute atomic E-state index is 0. The first-order valence-corrected chi connectivity index (χ1v) is 3.90. The van der Waals surface area contributed by atoms with E-state index in [0.29, 0.717) is 5.56 Å². The molecule has 0 fully saturated rings. The molecule has 1 atom stereocenters. The van der Waals surface area contributed by atoms with Gasteiger partial charge >= 0.3 is 29.6 Å². The molecule has 6 heteroatoms. The van der Waals surface area contributed by atoms with Gasteiger partial charge < -0.3 is 25.2 Å². The number of hydrogen-bond donors (Lipinski definition) is 3. The second kappa shape index (κ2) is 5.97. The Morgan fingerprint density at radius 1 is 1.33 bits per heavy atom. The number of rotatable bonds is 3. The Bertz CT molecular complexity index is 352. The number of carboxylic acids is 1. The zero-order valence-corrected chi connectivity index (χ0v) is 10.2. The smallest absolute Gasteiger partial charge is 0.547 e. The van der Waals surface area contributed by atoms with Gasteiger partial charge in [0, 0.05) is 6.42 Å². The molecule has 76 valence electrons. The van der Waals surface area contributed by atoms with Gasteiger partial charge in [-0.15, -0.1) is 0 Å². The van der Waals surface area contributed by atoms with Gasteiger partial charge in [0.2, 0.25) is 0 Å². The number of hydrogen-bond acceptors (Lipinski definition) is 5. The maximum absolute atomic E-state index is 10.2. The molecule has 0 radical (unpaired) electrons. The van der Waals surface area contributed by atoms with Crippen LogP contribution >= 0.6 is 0 Å². The van der Waals surface area contributed by atoms with E-state index >= 15 is 0 Å².